The molecule has 1 amide bonds. The first-order chi connectivity index (χ1) is 18.6. The van der Waals surface area contributed by atoms with Crippen LogP contribution in [0.4, 0.5) is 18.9 Å². The van der Waals surface area contributed by atoms with Crippen LogP contribution in [0.5, 0.6) is 0 Å². The van der Waals surface area contributed by atoms with E-state index in [-0.39, 0.29) is 40.2 Å². The topological polar surface area (TPSA) is 90.3 Å². The van der Waals surface area contributed by atoms with Crippen LogP contribution in [0.3, 0.4) is 0 Å². The summed E-state index contributed by atoms with van der Waals surface area (Å²) in [6, 6.07) is 13.9. The number of amides is 1. The number of aromatic nitrogens is 2. The fourth-order valence-electron chi connectivity index (χ4n) is 3.88. The van der Waals surface area contributed by atoms with Crippen molar-refractivity contribution in [3.8, 4) is 0 Å². The molecule has 4 rings (SSSR count). The zero-order valence-corrected chi connectivity index (χ0v) is 22.6. The molecule has 0 atom stereocenters. The van der Waals surface area contributed by atoms with E-state index >= 15 is 0 Å². The van der Waals surface area contributed by atoms with E-state index < -0.39 is 23.6 Å². The number of thioether (sulfide) groups is 1. The van der Waals surface area contributed by atoms with Crippen molar-refractivity contribution in [3.05, 3.63) is 86.5 Å². The molecule has 0 bridgehead atoms. The Morgan fingerprint density at radius 3 is 2.56 bits per heavy atom. The van der Waals surface area contributed by atoms with Gasteiger partial charge in [0.2, 0.25) is 5.91 Å². The third kappa shape index (κ3) is 6.69. The van der Waals surface area contributed by atoms with Gasteiger partial charge in [-0.2, -0.15) is 13.2 Å². The van der Waals surface area contributed by atoms with E-state index in [0.717, 1.165) is 40.8 Å². The summed E-state index contributed by atoms with van der Waals surface area (Å²) in [5, 5.41) is 3.04. The Labute approximate surface area is 230 Å². The lowest BCUT2D eigenvalue weighted by Gasteiger charge is -2.13. The molecule has 4 aromatic rings. The minimum Gasteiger partial charge on any atom is -0.462 e. The standard InChI is InChI=1S/C27H24F3N3O4S2/c1-3-37-25(36)22-16(2)21-23(39-22)32-26(33(24(21)35)13-12-17-8-5-4-6-9-17)38-15-20(34)31-19-11-7-10-18(14-19)27(28,29)30/h4-11,14H,3,12-13,15H2,1-2H3,(H,31,34). The molecule has 1 N–H and O–H groups in total. The van der Waals surface area contributed by atoms with Gasteiger partial charge in [-0.1, -0.05) is 48.2 Å². The second kappa shape index (κ2) is 12.0. The van der Waals surface area contributed by atoms with Crippen LogP contribution in [0.1, 0.15) is 33.3 Å². The number of hydrogen-bond acceptors (Lipinski definition) is 7. The lowest BCUT2D eigenvalue weighted by molar-refractivity contribution is -0.137. The van der Waals surface area contributed by atoms with E-state index in [4.69, 9.17) is 4.74 Å². The number of alkyl halides is 3. The minimum absolute atomic E-state index is 0.00765. The summed E-state index contributed by atoms with van der Waals surface area (Å²) in [6.45, 7) is 3.82. The van der Waals surface area contributed by atoms with Gasteiger partial charge in [0.15, 0.2) is 5.16 Å². The van der Waals surface area contributed by atoms with Crippen molar-refractivity contribution in [3.63, 3.8) is 0 Å². The zero-order chi connectivity index (χ0) is 28.2. The predicted octanol–water partition coefficient (Wildman–Crippen LogP) is 5.94. The molecule has 12 heteroatoms. The van der Waals surface area contributed by atoms with Crippen molar-refractivity contribution in [1.82, 2.24) is 9.55 Å². The summed E-state index contributed by atoms with van der Waals surface area (Å²) in [4.78, 5) is 43.9. The second-order valence-electron chi connectivity index (χ2n) is 8.46. The average Bonchev–Trinajstić information content (AvgIpc) is 3.23. The fourth-order valence-corrected chi connectivity index (χ4v) is 5.82. The fraction of sp³-hybridized carbons (Fsp3) is 0.259. The quantitative estimate of drug-likeness (QED) is 0.151. The monoisotopic (exact) mass is 575 g/mol. The number of hydrogen-bond donors (Lipinski definition) is 1. The average molecular weight is 576 g/mol. The summed E-state index contributed by atoms with van der Waals surface area (Å²) in [6.07, 6.45) is -4.02. The number of nitrogens with one attached hydrogen (secondary N) is 1. The summed E-state index contributed by atoms with van der Waals surface area (Å²) in [7, 11) is 0. The van der Waals surface area contributed by atoms with Crippen molar-refractivity contribution >= 4 is 50.9 Å². The number of carbonyl (C=O) groups excluding carboxylic acids is 2. The van der Waals surface area contributed by atoms with Crippen molar-refractivity contribution in [2.24, 2.45) is 0 Å². The predicted molar refractivity (Wildman–Crippen MR) is 146 cm³/mol. The molecule has 0 radical (unpaired) electrons. The lowest BCUT2D eigenvalue weighted by atomic mass is 10.1. The van der Waals surface area contributed by atoms with E-state index in [1.54, 1.807) is 13.8 Å². The molecule has 0 saturated heterocycles. The molecule has 0 aliphatic rings. The smallest absolute Gasteiger partial charge is 0.416 e. The molecule has 2 aromatic heterocycles. The number of halogens is 3. The Morgan fingerprint density at radius 1 is 1.13 bits per heavy atom. The largest absolute Gasteiger partial charge is 0.462 e. The Morgan fingerprint density at radius 2 is 1.87 bits per heavy atom. The summed E-state index contributed by atoms with van der Waals surface area (Å²) < 4.78 is 45.6. The van der Waals surface area contributed by atoms with Crippen LogP contribution in [0, 0.1) is 6.92 Å². The van der Waals surface area contributed by atoms with Gasteiger partial charge in [-0.25, -0.2) is 9.78 Å². The lowest BCUT2D eigenvalue weighted by Crippen LogP contribution is -2.25. The number of fused-ring (bicyclic) bond motifs is 1. The highest BCUT2D eigenvalue weighted by Crippen LogP contribution is 2.32. The van der Waals surface area contributed by atoms with E-state index in [0.29, 0.717) is 22.2 Å². The van der Waals surface area contributed by atoms with Gasteiger partial charge in [-0.05, 0) is 49.6 Å². The van der Waals surface area contributed by atoms with Gasteiger partial charge in [0.25, 0.3) is 5.56 Å². The number of rotatable bonds is 9. The Balaban J connectivity index is 1.63. The first kappa shape index (κ1) is 28.4. The Hall–Kier alpha value is -3.64. The molecular weight excluding hydrogens is 551 g/mol. The van der Waals surface area contributed by atoms with Crippen LogP contribution in [-0.4, -0.2) is 33.8 Å². The van der Waals surface area contributed by atoms with Crippen molar-refractivity contribution in [1.29, 1.82) is 0 Å². The number of benzene rings is 2. The number of aryl methyl sites for hydroxylation is 2. The summed E-state index contributed by atoms with van der Waals surface area (Å²) >= 11 is 2.03. The van der Waals surface area contributed by atoms with Gasteiger partial charge in [0.1, 0.15) is 9.71 Å². The number of anilines is 1. The van der Waals surface area contributed by atoms with E-state index in [1.807, 2.05) is 30.3 Å². The van der Waals surface area contributed by atoms with Crippen LogP contribution >= 0.6 is 23.1 Å². The maximum absolute atomic E-state index is 13.6. The van der Waals surface area contributed by atoms with Crippen LogP contribution < -0.4 is 10.9 Å². The highest BCUT2D eigenvalue weighted by atomic mass is 32.2. The van der Waals surface area contributed by atoms with Gasteiger partial charge >= 0.3 is 12.1 Å². The first-order valence-corrected chi connectivity index (χ1v) is 13.7. The highest BCUT2D eigenvalue weighted by molar-refractivity contribution is 7.99. The molecule has 2 aromatic carbocycles. The normalized spacial score (nSPS) is 11.5. The number of ether oxygens (including phenoxy) is 1. The van der Waals surface area contributed by atoms with Gasteiger partial charge < -0.3 is 10.1 Å². The van der Waals surface area contributed by atoms with E-state index in [1.165, 1.54) is 16.7 Å². The molecule has 7 nitrogen and oxygen atoms in total. The molecule has 2 heterocycles. The van der Waals surface area contributed by atoms with Crippen LogP contribution in [-0.2, 0) is 28.7 Å². The SMILES string of the molecule is CCOC(=O)c1sc2nc(SCC(=O)Nc3cccc(C(F)(F)F)c3)n(CCc3ccccc3)c(=O)c2c1C. The van der Waals surface area contributed by atoms with Gasteiger partial charge in [-0.3, -0.25) is 14.2 Å². The van der Waals surface area contributed by atoms with Crippen LogP contribution in [0.15, 0.2) is 64.5 Å². The molecule has 0 spiro atoms. The zero-order valence-electron chi connectivity index (χ0n) is 21.0. The molecule has 0 aliphatic carbocycles. The molecule has 39 heavy (non-hydrogen) atoms. The van der Waals surface area contributed by atoms with E-state index in [9.17, 15) is 27.6 Å². The Kier molecular flexibility index (Phi) is 8.76. The molecule has 0 aliphatic heterocycles. The van der Waals surface area contributed by atoms with Crippen molar-refractivity contribution in [2.75, 3.05) is 17.7 Å². The highest BCUT2D eigenvalue weighted by Gasteiger charge is 2.30. The number of carbonyl (C=O) groups is 2. The first-order valence-electron chi connectivity index (χ1n) is 11.9. The summed E-state index contributed by atoms with van der Waals surface area (Å²) in [5.74, 6) is -1.30. The Bertz CT molecular complexity index is 1570. The third-order valence-electron chi connectivity index (χ3n) is 5.75. The maximum atomic E-state index is 13.6. The third-order valence-corrected chi connectivity index (χ3v) is 7.89. The second-order valence-corrected chi connectivity index (χ2v) is 10.4. The van der Waals surface area contributed by atoms with Crippen molar-refractivity contribution in [2.45, 2.75) is 38.1 Å². The van der Waals surface area contributed by atoms with Gasteiger partial charge in [0, 0.05) is 12.2 Å². The number of thiophene rings is 1. The molecule has 0 fully saturated rings. The molecule has 0 saturated carbocycles. The molecule has 0 unspecified atom stereocenters. The number of esters is 1. The van der Waals surface area contributed by atoms with Gasteiger partial charge in [0.05, 0.1) is 23.3 Å². The van der Waals surface area contributed by atoms with Gasteiger partial charge in [-0.15, -0.1) is 11.3 Å². The van der Waals surface area contributed by atoms with E-state index in [2.05, 4.69) is 10.3 Å². The molecular formula is C27H24F3N3O4S2. The van der Waals surface area contributed by atoms with Crippen LogP contribution in [0.25, 0.3) is 10.2 Å². The minimum atomic E-state index is -4.54. The maximum Gasteiger partial charge on any atom is 0.416 e. The summed E-state index contributed by atoms with van der Waals surface area (Å²) in [5.41, 5.74) is 0.268. The number of nitrogens with zero attached hydrogens (tertiary/aromatic N) is 2. The molecule has 204 valence electrons. The van der Waals surface area contributed by atoms with Crippen molar-refractivity contribution < 1.29 is 27.5 Å². The van der Waals surface area contributed by atoms with Crippen LogP contribution in [0.2, 0.25) is 0 Å².